The van der Waals surface area contributed by atoms with Crippen LogP contribution < -0.4 is 4.90 Å². The molecule has 1 rings (SSSR count). The lowest BCUT2D eigenvalue weighted by Gasteiger charge is -2.20. The van der Waals surface area contributed by atoms with Crippen molar-refractivity contribution >= 4 is 5.69 Å². The third-order valence-electron chi connectivity index (χ3n) is 2.12. The van der Waals surface area contributed by atoms with Gasteiger partial charge in [-0.25, -0.2) is 0 Å². The molecule has 1 aromatic rings. The Morgan fingerprint density at radius 3 is 2.23 bits per heavy atom. The molecule has 0 heterocycles. The molecule has 1 N–H and O–H groups in total. The number of hydrogen-bond donors (Lipinski definition) is 1. The predicted molar refractivity (Wildman–Crippen MR) is 56.5 cm³/mol. The maximum absolute atomic E-state index is 9.67. The summed E-state index contributed by atoms with van der Waals surface area (Å²) in [4.78, 5) is 1.95. The number of phenolic OH excluding ortho intramolecular Hbond substituents is 1. The van der Waals surface area contributed by atoms with Gasteiger partial charge in [-0.1, -0.05) is 26.0 Å². The summed E-state index contributed by atoms with van der Waals surface area (Å²) in [5.74, 6) is 0.792. The fraction of sp³-hybridized carbons (Fsp3) is 0.455. The summed E-state index contributed by atoms with van der Waals surface area (Å²) in [7, 11) is 3.89. The zero-order valence-corrected chi connectivity index (χ0v) is 8.70. The molecule has 0 radical (unpaired) electrons. The van der Waals surface area contributed by atoms with Crippen molar-refractivity contribution in [2.24, 2.45) is 0 Å². The highest BCUT2D eigenvalue weighted by Crippen LogP contribution is 2.33. The molecule has 0 fully saturated rings. The van der Waals surface area contributed by atoms with Crippen LogP contribution in [0.25, 0.3) is 0 Å². The normalized spacial score (nSPS) is 10.5. The number of phenols is 1. The van der Waals surface area contributed by atoms with Gasteiger partial charge < -0.3 is 10.0 Å². The number of anilines is 1. The Bertz CT molecular complexity index is 292. The topological polar surface area (TPSA) is 23.5 Å². The summed E-state index contributed by atoms with van der Waals surface area (Å²) in [6, 6.07) is 5.67. The van der Waals surface area contributed by atoms with Crippen molar-refractivity contribution in [2.45, 2.75) is 19.8 Å². The Morgan fingerprint density at radius 1 is 1.23 bits per heavy atom. The molecule has 0 aliphatic carbocycles. The van der Waals surface area contributed by atoms with Crippen LogP contribution in [-0.2, 0) is 0 Å². The monoisotopic (exact) mass is 179 g/mol. The summed E-state index contributed by atoms with van der Waals surface area (Å²) >= 11 is 0. The van der Waals surface area contributed by atoms with Crippen LogP contribution in [0, 0.1) is 0 Å². The van der Waals surface area contributed by atoms with Crippen molar-refractivity contribution in [3.05, 3.63) is 23.8 Å². The van der Waals surface area contributed by atoms with Gasteiger partial charge in [-0.3, -0.25) is 0 Å². The number of para-hydroxylation sites is 1. The highest BCUT2D eigenvalue weighted by Gasteiger charge is 2.11. The molecule has 2 heteroatoms. The van der Waals surface area contributed by atoms with Gasteiger partial charge in [0.05, 0.1) is 5.69 Å². The predicted octanol–water partition coefficient (Wildman–Crippen LogP) is 2.58. The first-order valence-electron chi connectivity index (χ1n) is 4.53. The molecule has 1 aromatic carbocycles. The molecule has 0 atom stereocenters. The van der Waals surface area contributed by atoms with Crippen LogP contribution >= 0.6 is 0 Å². The lowest BCUT2D eigenvalue weighted by molar-refractivity contribution is 0.474. The fourth-order valence-corrected chi connectivity index (χ4v) is 1.50. The quantitative estimate of drug-likeness (QED) is 0.754. The van der Waals surface area contributed by atoms with E-state index in [1.165, 1.54) is 5.56 Å². The minimum Gasteiger partial charge on any atom is -0.506 e. The average molecular weight is 179 g/mol. The van der Waals surface area contributed by atoms with Gasteiger partial charge in [0, 0.05) is 14.1 Å². The summed E-state index contributed by atoms with van der Waals surface area (Å²) in [6.07, 6.45) is 0. The van der Waals surface area contributed by atoms with Gasteiger partial charge in [-0.2, -0.15) is 0 Å². The maximum Gasteiger partial charge on any atom is 0.139 e. The Labute approximate surface area is 79.8 Å². The standard InChI is InChI=1S/C11H17NO/c1-8(2)9-6-5-7-10(13)11(9)12(3)4/h5-8,13H,1-4H3. The third-order valence-corrected chi connectivity index (χ3v) is 2.12. The zero-order chi connectivity index (χ0) is 10.0. The lowest BCUT2D eigenvalue weighted by Crippen LogP contribution is -2.12. The average Bonchev–Trinajstić information content (AvgIpc) is 2.02. The second kappa shape index (κ2) is 3.69. The molecule has 0 aliphatic rings. The van der Waals surface area contributed by atoms with Crippen molar-refractivity contribution in [3.8, 4) is 5.75 Å². The number of rotatable bonds is 2. The van der Waals surface area contributed by atoms with Crippen molar-refractivity contribution in [3.63, 3.8) is 0 Å². The van der Waals surface area contributed by atoms with Gasteiger partial charge in [0.2, 0.25) is 0 Å². The van der Waals surface area contributed by atoms with E-state index in [9.17, 15) is 5.11 Å². The smallest absolute Gasteiger partial charge is 0.139 e. The summed E-state index contributed by atoms with van der Waals surface area (Å²) in [5, 5.41) is 9.67. The van der Waals surface area contributed by atoms with E-state index < -0.39 is 0 Å². The van der Waals surface area contributed by atoms with E-state index in [0.717, 1.165) is 5.69 Å². The largest absolute Gasteiger partial charge is 0.506 e. The van der Waals surface area contributed by atoms with Crippen molar-refractivity contribution in [1.82, 2.24) is 0 Å². The van der Waals surface area contributed by atoms with Gasteiger partial charge >= 0.3 is 0 Å². The molecule has 72 valence electrons. The van der Waals surface area contributed by atoms with Crippen LogP contribution in [0.15, 0.2) is 18.2 Å². The van der Waals surface area contributed by atoms with Gasteiger partial charge in [-0.05, 0) is 17.5 Å². The first-order valence-corrected chi connectivity index (χ1v) is 4.53. The van der Waals surface area contributed by atoms with E-state index in [1.807, 2.05) is 25.1 Å². The first-order chi connectivity index (χ1) is 6.04. The van der Waals surface area contributed by atoms with Gasteiger partial charge in [0.1, 0.15) is 5.75 Å². The molecule has 0 bridgehead atoms. The fourth-order valence-electron chi connectivity index (χ4n) is 1.50. The number of benzene rings is 1. The van der Waals surface area contributed by atoms with Crippen LogP contribution in [0.1, 0.15) is 25.3 Å². The van der Waals surface area contributed by atoms with E-state index in [4.69, 9.17) is 0 Å². The first kappa shape index (κ1) is 9.90. The Balaban J connectivity index is 3.26. The molecule has 0 saturated heterocycles. The summed E-state index contributed by atoms with van der Waals surface area (Å²) in [5.41, 5.74) is 2.11. The van der Waals surface area contributed by atoms with Gasteiger partial charge in [-0.15, -0.1) is 0 Å². The lowest BCUT2D eigenvalue weighted by atomic mass is 10.0. The van der Waals surface area contributed by atoms with Crippen molar-refractivity contribution < 1.29 is 5.11 Å². The molecule has 0 aromatic heterocycles. The van der Waals surface area contributed by atoms with Crippen LogP contribution in [0.2, 0.25) is 0 Å². The molecule has 2 nitrogen and oxygen atoms in total. The Hall–Kier alpha value is -1.18. The maximum atomic E-state index is 9.67. The van der Waals surface area contributed by atoms with Crippen LogP contribution in [0.4, 0.5) is 5.69 Å². The Morgan fingerprint density at radius 2 is 1.85 bits per heavy atom. The highest BCUT2D eigenvalue weighted by molar-refractivity contribution is 5.63. The number of nitrogens with zero attached hydrogens (tertiary/aromatic N) is 1. The number of hydrogen-bond acceptors (Lipinski definition) is 2. The van der Waals surface area contributed by atoms with E-state index in [0.29, 0.717) is 11.7 Å². The molecule has 0 amide bonds. The SMILES string of the molecule is CC(C)c1cccc(O)c1N(C)C. The minimum atomic E-state index is 0.358. The van der Waals surface area contributed by atoms with Crippen molar-refractivity contribution in [2.75, 3.05) is 19.0 Å². The van der Waals surface area contributed by atoms with Crippen molar-refractivity contribution in [1.29, 1.82) is 0 Å². The third kappa shape index (κ3) is 1.94. The van der Waals surface area contributed by atoms with E-state index in [-0.39, 0.29) is 0 Å². The second-order valence-corrected chi connectivity index (χ2v) is 3.76. The highest BCUT2D eigenvalue weighted by atomic mass is 16.3. The van der Waals surface area contributed by atoms with E-state index >= 15 is 0 Å². The van der Waals surface area contributed by atoms with Crippen LogP contribution in [-0.4, -0.2) is 19.2 Å². The van der Waals surface area contributed by atoms with Gasteiger partial charge in [0.15, 0.2) is 0 Å². The second-order valence-electron chi connectivity index (χ2n) is 3.76. The molecular formula is C11H17NO. The zero-order valence-electron chi connectivity index (χ0n) is 8.70. The summed E-state index contributed by atoms with van der Waals surface area (Å²) < 4.78 is 0. The molecular weight excluding hydrogens is 162 g/mol. The van der Waals surface area contributed by atoms with Gasteiger partial charge in [0.25, 0.3) is 0 Å². The molecule has 0 spiro atoms. The van der Waals surface area contributed by atoms with E-state index in [1.54, 1.807) is 6.07 Å². The van der Waals surface area contributed by atoms with Crippen LogP contribution in [0.5, 0.6) is 5.75 Å². The molecule has 0 saturated carbocycles. The van der Waals surface area contributed by atoms with Crippen LogP contribution in [0.3, 0.4) is 0 Å². The summed E-state index contributed by atoms with van der Waals surface area (Å²) in [6.45, 7) is 4.25. The number of aromatic hydroxyl groups is 1. The molecule has 0 unspecified atom stereocenters. The molecule has 13 heavy (non-hydrogen) atoms. The van der Waals surface area contributed by atoms with E-state index in [2.05, 4.69) is 19.9 Å². The Kier molecular flexibility index (Phi) is 2.81. The minimum absolute atomic E-state index is 0.358. The molecule has 0 aliphatic heterocycles.